The Morgan fingerprint density at radius 2 is 1.97 bits per heavy atom. The molecule has 0 bridgehead atoms. The minimum atomic E-state index is 0.108. The first-order valence-corrected chi connectivity index (χ1v) is 13.4. The molecule has 2 amide bonds. The highest BCUT2D eigenvalue weighted by Gasteiger charge is 2.44. The molecule has 3 heterocycles. The van der Waals surface area contributed by atoms with Gasteiger partial charge in [-0.2, -0.15) is 0 Å². The summed E-state index contributed by atoms with van der Waals surface area (Å²) in [7, 11) is 1.67. The largest absolute Gasteiger partial charge is 0.497 e. The number of thiophene rings is 1. The molecule has 1 spiro atoms. The van der Waals surface area contributed by atoms with E-state index in [2.05, 4.69) is 27.7 Å². The molecule has 2 aromatic rings. The van der Waals surface area contributed by atoms with Crippen LogP contribution in [0.3, 0.4) is 0 Å². The molecule has 182 valence electrons. The fourth-order valence-corrected chi connectivity index (χ4v) is 6.20. The third kappa shape index (κ3) is 5.47. The highest BCUT2D eigenvalue weighted by molar-refractivity contribution is 7.10. The van der Waals surface area contributed by atoms with Gasteiger partial charge in [-0.25, -0.2) is 0 Å². The molecular weight excluding hydrogens is 446 g/mol. The summed E-state index contributed by atoms with van der Waals surface area (Å²) in [6.07, 6.45) is 5.81. The number of ether oxygens (including phenoxy) is 1. The molecule has 5 rings (SSSR count). The molecule has 2 saturated heterocycles. The van der Waals surface area contributed by atoms with Gasteiger partial charge in [-0.05, 0) is 79.8 Å². The van der Waals surface area contributed by atoms with Crippen LogP contribution in [0.15, 0.2) is 41.8 Å². The van der Waals surface area contributed by atoms with Crippen molar-refractivity contribution in [3.05, 3.63) is 52.2 Å². The average Bonchev–Trinajstić information content (AvgIpc) is 3.48. The summed E-state index contributed by atoms with van der Waals surface area (Å²) in [6.45, 7) is 4.57. The maximum Gasteiger partial charge on any atom is 0.223 e. The first-order chi connectivity index (χ1) is 16.5. The number of hydrogen-bond donors (Lipinski definition) is 1. The third-order valence-corrected chi connectivity index (χ3v) is 8.73. The zero-order chi connectivity index (χ0) is 23.5. The van der Waals surface area contributed by atoms with Crippen molar-refractivity contribution in [1.29, 1.82) is 0 Å². The number of nitrogens with zero attached hydrogens (tertiary/aromatic N) is 2. The summed E-state index contributed by atoms with van der Waals surface area (Å²) in [5.74, 6) is 1.58. The van der Waals surface area contributed by atoms with E-state index in [1.165, 1.54) is 4.88 Å². The first-order valence-electron chi connectivity index (χ1n) is 12.5. The normalized spacial score (nSPS) is 21.1. The molecule has 1 aromatic heterocycles. The molecule has 3 aliphatic rings. The number of amides is 2. The van der Waals surface area contributed by atoms with Crippen LogP contribution < -0.4 is 10.1 Å². The Bertz CT molecular complexity index is 979. The van der Waals surface area contributed by atoms with E-state index in [9.17, 15) is 9.59 Å². The van der Waals surface area contributed by atoms with Crippen molar-refractivity contribution in [2.45, 2.75) is 51.1 Å². The van der Waals surface area contributed by atoms with E-state index in [0.29, 0.717) is 13.0 Å². The third-order valence-electron chi connectivity index (χ3n) is 7.74. The second-order valence-electron chi connectivity index (χ2n) is 10.3. The number of hydrogen-bond acceptors (Lipinski definition) is 5. The van der Waals surface area contributed by atoms with Crippen LogP contribution in [-0.4, -0.2) is 54.9 Å². The van der Waals surface area contributed by atoms with Crippen LogP contribution >= 0.6 is 11.3 Å². The fourth-order valence-electron chi connectivity index (χ4n) is 5.38. The fraction of sp³-hybridized carbons (Fsp3) is 0.556. The predicted molar refractivity (Wildman–Crippen MR) is 134 cm³/mol. The van der Waals surface area contributed by atoms with E-state index >= 15 is 0 Å². The van der Waals surface area contributed by atoms with Crippen molar-refractivity contribution in [3.8, 4) is 5.75 Å². The van der Waals surface area contributed by atoms with Gasteiger partial charge in [-0.1, -0.05) is 18.2 Å². The lowest BCUT2D eigenvalue weighted by Crippen LogP contribution is -2.42. The van der Waals surface area contributed by atoms with E-state index in [1.807, 2.05) is 29.2 Å². The number of rotatable bonds is 9. The van der Waals surface area contributed by atoms with Gasteiger partial charge in [0.1, 0.15) is 5.75 Å². The van der Waals surface area contributed by atoms with Crippen LogP contribution in [0.4, 0.5) is 0 Å². The number of methoxy groups -OCH3 is 1. The van der Waals surface area contributed by atoms with E-state index in [4.69, 9.17) is 4.74 Å². The topological polar surface area (TPSA) is 61.9 Å². The Morgan fingerprint density at radius 1 is 1.21 bits per heavy atom. The minimum absolute atomic E-state index is 0.108. The summed E-state index contributed by atoms with van der Waals surface area (Å²) in [5.41, 5.74) is 1.27. The maximum absolute atomic E-state index is 12.8. The van der Waals surface area contributed by atoms with E-state index in [0.717, 1.165) is 69.6 Å². The standard InChI is InChI=1S/C27H35N3O3S/c1-33-22-8-4-20(5-9-22)18-30-19-27(17-25(30)31)11-14-29(15-12-27)13-10-23(24-3-2-16-34-24)28-26(32)21-6-7-21/h2-5,8-9,16,21,23H,6-7,10-15,17-19H2,1H3,(H,28,32)/t23-/m0/s1. The lowest BCUT2D eigenvalue weighted by atomic mass is 9.77. The zero-order valence-electron chi connectivity index (χ0n) is 20.0. The molecule has 3 fully saturated rings. The molecule has 1 saturated carbocycles. The Kier molecular flexibility index (Phi) is 6.93. The molecule has 1 atom stereocenters. The van der Waals surface area contributed by atoms with Crippen molar-refractivity contribution >= 4 is 23.2 Å². The number of carbonyl (C=O) groups is 2. The summed E-state index contributed by atoms with van der Waals surface area (Å²) < 4.78 is 5.24. The van der Waals surface area contributed by atoms with Gasteiger partial charge in [-0.15, -0.1) is 11.3 Å². The van der Waals surface area contributed by atoms with Crippen LogP contribution in [0.25, 0.3) is 0 Å². The van der Waals surface area contributed by atoms with Gasteiger partial charge in [0.15, 0.2) is 0 Å². The number of likely N-dealkylation sites (tertiary alicyclic amines) is 2. The molecule has 7 heteroatoms. The molecule has 0 radical (unpaired) electrons. The smallest absolute Gasteiger partial charge is 0.223 e. The molecule has 2 aliphatic heterocycles. The predicted octanol–water partition coefficient (Wildman–Crippen LogP) is 4.23. The van der Waals surface area contributed by atoms with Crippen molar-refractivity contribution in [1.82, 2.24) is 15.1 Å². The lowest BCUT2D eigenvalue weighted by molar-refractivity contribution is -0.128. The van der Waals surface area contributed by atoms with Crippen molar-refractivity contribution in [2.75, 3.05) is 33.3 Å². The molecule has 6 nitrogen and oxygen atoms in total. The molecule has 1 aliphatic carbocycles. The van der Waals surface area contributed by atoms with E-state index < -0.39 is 0 Å². The number of carbonyl (C=O) groups excluding carboxylic acids is 2. The highest BCUT2D eigenvalue weighted by Crippen LogP contribution is 2.42. The summed E-state index contributed by atoms with van der Waals surface area (Å²) in [5, 5.41) is 5.39. The molecule has 0 unspecified atom stereocenters. The summed E-state index contributed by atoms with van der Waals surface area (Å²) >= 11 is 1.73. The Hall–Kier alpha value is -2.38. The summed E-state index contributed by atoms with van der Waals surface area (Å²) in [4.78, 5) is 31.0. The maximum atomic E-state index is 12.8. The van der Waals surface area contributed by atoms with Crippen LogP contribution in [0.2, 0.25) is 0 Å². The van der Waals surface area contributed by atoms with Crippen molar-refractivity contribution < 1.29 is 14.3 Å². The Labute approximate surface area is 206 Å². The van der Waals surface area contributed by atoms with E-state index in [1.54, 1.807) is 18.4 Å². The monoisotopic (exact) mass is 481 g/mol. The lowest BCUT2D eigenvalue weighted by Gasteiger charge is -2.39. The number of piperidine rings is 1. The molecule has 1 N–H and O–H groups in total. The molecule has 1 aromatic carbocycles. The molecule has 34 heavy (non-hydrogen) atoms. The van der Waals surface area contributed by atoms with Gasteiger partial charge in [0.2, 0.25) is 11.8 Å². The van der Waals surface area contributed by atoms with Crippen molar-refractivity contribution in [3.63, 3.8) is 0 Å². The summed E-state index contributed by atoms with van der Waals surface area (Å²) in [6, 6.07) is 12.3. The van der Waals surface area contributed by atoms with Crippen LogP contribution in [-0.2, 0) is 16.1 Å². The number of nitrogens with one attached hydrogen (secondary N) is 1. The highest BCUT2D eigenvalue weighted by atomic mass is 32.1. The van der Waals surface area contributed by atoms with Crippen LogP contribution in [0, 0.1) is 11.3 Å². The van der Waals surface area contributed by atoms with Gasteiger partial charge in [0.25, 0.3) is 0 Å². The molecular formula is C27H35N3O3S. The van der Waals surface area contributed by atoms with Gasteiger partial charge < -0.3 is 19.9 Å². The SMILES string of the molecule is COc1ccc(CN2CC3(CCN(CC[C@H](NC(=O)C4CC4)c4cccs4)CC3)CC2=O)cc1. The zero-order valence-corrected chi connectivity index (χ0v) is 20.8. The number of benzene rings is 1. The second kappa shape index (κ2) is 10.1. The average molecular weight is 482 g/mol. The van der Waals surface area contributed by atoms with Crippen LogP contribution in [0.1, 0.15) is 55.0 Å². The minimum Gasteiger partial charge on any atom is -0.497 e. The van der Waals surface area contributed by atoms with Gasteiger partial charge in [0.05, 0.1) is 13.2 Å². The van der Waals surface area contributed by atoms with Gasteiger partial charge in [-0.3, -0.25) is 9.59 Å². The van der Waals surface area contributed by atoms with Gasteiger partial charge in [0, 0.05) is 36.9 Å². The van der Waals surface area contributed by atoms with E-state index in [-0.39, 0.29) is 29.2 Å². The Morgan fingerprint density at radius 3 is 2.62 bits per heavy atom. The quantitative estimate of drug-likeness (QED) is 0.582. The first kappa shape index (κ1) is 23.4. The van der Waals surface area contributed by atoms with Crippen molar-refractivity contribution in [2.24, 2.45) is 11.3 Å². The second-order valence-corrected chi connectivity index (χ2v) is 11.2. The van der Waals surface area contributed by atoms with Crippen LogP contribution in [0.5, 0.6) is 5.75 Å². The van der Waals surface area contributed by atoms with Gasteiger partial charge >= 0.3 is 0 Å². The Balaban J connectivity index is 1.12.